The summed E-state index contributed by atoms with van der Waals surface area (Å²) in [7, 11) is 0. The number of nitrogens with zero attached hydrogens (tertiary/aromatic N) is 3. The van der Waals surface area contributed by atoms with Gasteiger partial charge in [0.15, 0.2) is 0 Å². The zero-order valence-electron chi connectivity index (χ0n) is 21.0. The Bertz CT molecular complexity index is 963. The maximum Gasteiger partial charge on any atom is 0.259 e. The molecule has 0 spiro atoms. The van der Waals surface area contributed by atoms with Gasteiger partial charge in [0, 0.05) is 37.3 Å². The molecule has 0 saturated carbocycles. The molecule has 1 aliphatic heterocycles. The number of amides is 2. The Labute approximate surface area is 219 Å². The maximum atomic E-state index is 13.8. The average Bonchev–Trinajstić information content (AvgIpc) is 3.28. The Morgan fingerprint density at radius 1 is 1.29 bits per heavy atom. The molecule has 3 heterocycles. The van der Waals surface area contributed by atoms with E-state index in [-0.39, 0.29) is 59.9 Å². The molecule has 0 aromatic carbocycles. The van der Waals surface area contributed by atoms with Gasteiger partial charge < -0.3 is 25.7 Å². The molecule has 0 radical (unpaired) electrons. The first-order valence-electron chi connectivity index (χ1n) is 11.5. The molecule has 1 fully saturated rings. The van der Waals surface area contributed by atoms with E-state index in [0.717, 1.165) is 5.76 Å². The van der Waals surface area contributed by atoms with E-state index < -0.39 is 0 Å². The normalized spacial score (nSPS) is 17.8. The number of hydrogen-bond donors (Lipinski definition) is 3. The van der Waals surface area contributed by atoms with E-state index in [0.29, 0.717) is 49.8 Å². The molecule has 2 unspecified atom stereocenters. The third-order valence-corrected chi connectivity index (χ3v) is 5.69. The fourth-order valence-electron chi connectivity index (χ4n) is 3.94. The molecule has 1 aliphatic rings. The van der Waals surface area contributed by atoms with E-state index in [1.807, 2.05) is 37.8 Å². The first-order valence-corrected chi connectivity index (χ1v) is 11.5. The molecular weight excluding hydrogens is 491 g/mol. The molecule has 35 heavy (non-hydrogen) atoms. The smallest absolute Gasteiger partial charge is 0.259 e. The number of nitrogens with one attached hydrogen (secondary N) is 2. The quantitative estimate of drug-likeness (QED) is 0.479. The van der Waals surface area contributed by atoms with Crippen LogP contribution in [0.5, 0.6) is 0 Å². The molecular formula is C24H38Cl2N6O3. The van der Waals surface area contributed by atoms with Gasteiger partial charge in [-0.1, -0.05) is 34.6 Å². The topological polar surface area (TPSA) is 126 Å². The largest absolute Gasteiger partial charge is 0.467 e. The van der Waals surface area contributed by atoms with Crippen LogP contribution in [0.25, 0.3) is 0 Å². The van der Waals surface area contributed by atoms with Crippen molar-refractivity contribution < 1.29 is 14.0 Å². The highest BCUT2D eigenvalue weighted by Crippen LogP contribution is 2.25. The number of carbonyl (C=O) groups is 2. The van der Waals surface area contributed by atoms with Gasteiger partial charge in [0.1, 0.15) is 23.0 Å². The summed E-state index contributed by atoms with van der Waals surface area (Å²) in [6.07, 6.45) is 3.76. The lowest BCUT2D eigenvalue weighted by Crippen LogP contribution is -2.54. The lowest BCUT2D eigenvalue weighted by atomic mass is 9.93. The third-order valence-electron chi connectivity index (χ3n) is 5.69. The number of hydrogen-bond acceptors (Lipinski definition) is 7. The van der Waals surface area contributed by atoms with Crippen LogP contribution >= 0.6 is 24.8 Å². The fourth-order valence-corrected chi connectivity index (χ4v) is 3.94. The minimum Gasteiger partial charge on any atom is -0.467 e. The lowest BCUT2D eigenvalue weighted by molar-refractivity contribution is -0.122. The number of nitrogens with two attached hydrogens (primary N) is 1. The monoisotopic (exact) mass is 528 g/mol. The molecule has 0 aliphatic carbocycles. The number of anilines is 1. The molecule has 0 bridgehead atoms. The Morgan fingerprint density at radius 2 is 2.00 bits per heavy atom. The van der Waals surface area contributed by atoms with Crippen molar-refractivity contribution in [2.45, 2.75) is 59.0 Å². The summed E-state index contributed by atoms with van der Waals surface area (Å²) in [5.74, 6) is 1.29. The van der Waals surface area contributed by atoms with Crippen molar-refractivity contribution in [2.75, 3.05) is 25.0 Å². The molecule has 196 valence electrons. The summed E-state index contributed by atoms with van der Waals surface area (Å²) in [4.78, 5) is 36.7. The molecule has 11 heteroatoms. The van der Waals surface area contributed by atoms with Gasteiger partial charge in [0.2, 0.25) is 5.91 Å². The summed E-state index contributed by atoms with van der Waals surface area (Å²) in [6, 6.07) is 3.54. The van der Waals surface area contributed by atoms with Gasteiger partial charge in [-0.3, -0.25) is 9.59 Å². The van der Waals surface area contributed by atoms with Gasteiger partial charge in [0.05, 0.1) is 18.7 Å². The molecule has 1 saturated heterocycles. The molecule has 2 atom stereocenters. The standard InChI is InChI=1S/C24H36N6O3.2ClH/c1-15(2)14-30(17-9-16(20(25)31)10-26-11-17)22(32)19-13-28-23(24(3,4)5)29-21(19)27-12-18-7-6-8-33-18;;/h6-8,13,15-17,26H,9-12,14H2,1-5H3,(H2,25,31)(H,27,28,29);2*1H. The van der Waals surface area contributed by atoms with E-state index in [4.69, 9.17) is 15.1 Å². The minimum atomic E-state index is -0.345. The number of halogens is 2. The Balaban J connectivity index is 0.00000306. The second-order valence-electron chi connectivity index (χ2n) is 10.1. The molecule has 2 aromatic heterocycles. The van der Waals surface area contributed by atoms with Crippen LogP contribution in [0.3, 0.4) is 0 Å². The first kappa shape index (κ1) is 30.7. The van der Waals surface area contributed by atoms with Crippen molar-refractivity contribution in [3.8, 4) is 0 Å². The van der Waals surface area contributed by atoms with Crippen molar-refractivity contribution in [3.63, 3.8) is 0 Å². The highest BCUT2D eigenvalue weighted by molar-refractivity contribution is 5.98. The van der Waals surface area contributed by atoms with Crippen LogP contribution in [-0.4, -0.2) is 52.4 Å². The zero-order valence-corrected chi connectivity index (χ0v) is 22.7. The SMILES string of the molecule is CC(C)CN(C(=O)c1cnc(C(C)(C)C)nc1NCc1ccco1)C1CNCC(C(N)=O)C1.Cl.Cl. The zero-order chi connectivity index (χ0) is 24.2. The number of piperidine rings is 1. The van der Waals surface area contributed by atoms with Crippen LogP contribution in [0.4, 0.5) is 5.82 Å². The van der Waals surface area contributed by atoms with Gasteiger partial charge in [0.25, 0.3) is 5.91 Å². The third kappa shape index (κ3) is 8.08. The average molecular weight is 530 g/mol. The minimum absolute atomic E-state index is 0. The summed E-state index contributed by atoms with van der Waals surface area (Å²) in [5.41, 5.74) is 5.69. The Hall–Kier alpha value is -2.36. The lowest BCUT2D eigenvalue weighted by Gasteiger charge is -2.38. The van der Waals surface area contributed by atoms with Crippen molar-refractivity contribution >= 4 is 42.4 Å². The highest BCUT2D eigenvalue weighted by Gasteiger charge is 2.34. The number of aromatic nitrogens is 2. The van der Waals surface area contributed by atoms with E-state index in [1.54, 1.807) is 12.5 Å². The predicted molar refractivity (Wildman–Crippen MR) is 141 cm³/mol. The summed E-state index contributed by atoms with van der Waals surface area (Å²) >= 11 is 0. The van der Waals surface area contributed by atoms with Crippen molar-refractivity contribution in [1.82, 2.24) is 20.2 Å². The van der Waals surface area contributed by atoms with Crippen LogP contribution < -0.4 is 16.4 Å². The molecule has 4 N–H and O–H groups in total. The van der Waals surface area contributed by atoms with E-state index in [9.17, 15) is 9.59 Å². The Morgan fingerprint density at radius 3 is 2.57 bits per heavy atom. The highest BCUT2D eigenvalue weighted by atomic mass is 35.5. The summed E-state index contributed by atoms with van der Waals surface area (Å²) < 4.78 is 5.43. The van der Waals surface area contributed by atoms with Crippen LogP contribution in [0.15, 0.2) is 29.0 Å². The van der Waals surface area contributed by atoms with E-state index >= 15 is 0 Å². The second-order valence-corrected chi connectivity index (χ2v) is 10.1. The van der Waals surface area contributed by atoms with E-state index in [1.165, 1.54) is 0 Å². The van der Waals surface area contributed by atoms with Gasteiger partial charge in [-0.05, 0) is 24.5 Å². The first-order chi connectivity index (χ1) is 15.6. The number of primary amides is 1. The number of furan rings is 1. The van der Waals surface area contributed by atoms with Crippen LogP contribution in [0.1, 0.15) is 63.0 Å². The van der Waals surface area contributed by atoms with Crippen LogP contribution in [0, 0.1) is 11.8 Å². The van der Waals surface area contributed by atoms with Gasteiger partial charge in [-0.2, -0.15) is 0 Å². The van der Waals surface area contributed by atoms with E-state index in [2.05, 4.69) is 29.5 Å². The summed E-state index contributed by atoms with van der Waals surface area (Å²) in [6.45, 7) is 12.3. The van der Waals surface area contributed by atoms with Gasteiger partial charge >= 0.3 is 0 Å². The van der Waals surface area contributed by atoms with Crippen LogP contribution in [0.2, 0.25) is 0 Å². The molecule has 2 amide bonds. The van der Waals surface area contributed by atoms with Gasteiger partial charge in [-0.15, -0.1) is 24.8 Å². The molecule has 9 nitrogen and oxygen atoms in total. The van der Waals surface area contributed by atoms with Crippen molar-refractivity contribution in [2.24, 2.45) is 17.6 Å². The van der Waals surface area contributed by atoms with Gasteiger partial charge in [-0.25, -0.2) is 9.97 Å². The fraction of sp³-hybridized carbons (Fsp3) is 0.583. The van der Waals surface area contributed by atoms with Crippen molar-refractivity contribution in [3.05, 3.63) is 41.7 Å². The maximum absolute atomic E-state index is 13.8. The molecule has 2 aromatic rings. The number of carbonyl (C=O) groups excluding carboxylic acids is 2. The summed E-state index contributed by atoms with van der Waals surface area (Å²) in [5, 5.41) is 6.52. The Kier molecular flexibility index (Phi) is 11.5. The second kappa shape index (κ2) is 13.1. The van der Waals surface area contributed by atoms with Crippen molar-refractivity contribution in [1.29, 1.82) is 0 Å². The number of rotatable bonds is 8. The van der Waals surface area contributed by atoms with Crippen LogP contribution in [-0.2, 0) is 16.8 Å². The molecule has 3 rings (SSSR count). The predicted octanol–water partition coefficient (Wildman–Crippen LogP) is 3.38.